The van der Waals surface area contributed by atoms with Gasteiger partial charge in [-0.05, 0) is 19.9 Å². The molecule has 2 aliphatic heterocycles. The van der Waals surface area contributed by atoms with Gasteiger partial charge in [-0.25, -0.2) is 9.18 Å². The van der Waals surface area contributed by atoms with Gasteiger partial charge in [0.05, 0.1) is 16.9 Å². The van der Waals surface area contributed by atoms with Gasteiger partial charge in [-0.2, -0.15) is 0 Å². The van der Waals surface area contributed by atoms with E-state index in [0.717, 1.165) is 6.07 Å². The van der Waals surface area contributed by atoms with Crippen LogP contribution in [0.15, 0.2) is 29.7 Å². The summed E-state index contributed by atoms with van der Waals surface area (Å²) in [6, 6.07) is 0.905. The first-order valence-corrected chi connectivity index (χ1v) is 9.09. The lowest BCUT2D eigenvalue weighted by Gasteiger charge is -2.31. The summed E-state index contributed by atoms with van der Waals surface area (Å²) in [6.07, 6.45) is 3.08. The van der Waals surface area contributed by atoms with E-state index in [4.69, 9.17) is 10.5 Å². The SMILES string of the molecule is C=CC1CN(c2c(F)cc3c(=O)c(C(=O)O)cn4c3c2OC[C@@H]4C)CC1(C)N. The minimum absolute atomic E-state index is 0.00215. The van der Waals surface area contributed by atoms with E-state index >= 15 is 4.39 Å². The van der Waals surface area contributed by atoms with Gasteiger partial charge in [0.2, 0.25) is 5.43 Å². The van der Waals surface area contributed by atoms with Gasteiger partial charge in [-0.15, -0.1) is 6.58 Å². The van der Waals surface area contributed by atoms with Crippen molar-refractivity contribution >= 4 is 22.6 Å². The molecule has 2 unspecified atom stereocenters. The predicted molar refractivity (Wildman–Crippen MR) is 104 cm³/mol. The number of aromatic nitrogens is 1. The maximum atomic E-state index is 15.2. The average molecular weight is 387 g/mol. The van der Waals surface area contributed by atoms with Crippen LogP contribution in [0.1, 0.15) is 30.2 Å². The minimum atomic E-state index is -1.34. The first-order chi connectivity index (χ1) is 13.2. The molecule has 3 heterocycles. The third-order valence-electron chi connectivity index (χ3n) is 5.77. The van der Waals surface area contributed by atoms with Crippen molar-refractivity contribution in [3.63, 3.8) is 0 Å². The Hall–Kier alpha value is -2.87. The second-order valence-corrected chi connectivity index (χ2v) is 7.91. The Morgan fingerprint density at radius 2 is 2.25 bits per heavy atom. The summed E-state index contributed by atoms with van der Waals surface area (Å²) >= 11 is 0. The molecule has 28 heavy (non-hydrogen) atoms. The minimum Gasteiger partial charge on any atom is -0.487 e. The molecule has 8 heteroatoms. The van der Waals surface area contributed by atoms with Crippen molar-refractivity contribution in [1.82, 2.24) is 4.57 Å². The zero-order valence-corrected chi connectivity index (χ0v) is 15.7. The molecule has 2 aliphatic rings. The highest BCUT2D eigenvalue weighted by atomic mass is 19.1. The van der Waals surface area contributed by atoms with Crippen LogP contribution in [0.2, 0.25) is 0 Å². The molecule has 3 atom stereocenters. The maximum absolute atomic E-state index is 15.2. The topological polar surface area (TPSA) is 97.8 Å². The number of carboxylic acid groups (broad SMARTS) is 1. The van der Waals surface area contributed by atoms with E-state index in [1.54, 1.807) is 10.6 Å². The van der Waals surface area contributed by atoms with E-state index in [1.807, 2.05) is 18.7 Å². The molecule has 0 saturated carbocycles. The van der Waals surface area contributed by atoms with Crippen LogP contribution in [0.4, 0.5) is 10.1 Å². The molecule has 0 amide bonds. The van der Waals surface area contributed by atoms with Gasteiger partial charge >= 0.3 is 5.97 Å². The molecule has 3 N–H and O–H groups in total. The normalized spacial score (nSPS) is 26.4. The molecule has 7 nitrogen and oxygen atoms in total. The third-order valence-corrected chi connectivity index (χ3v) is 5.77. The fourth-order valence-corrected chi connectivity index (χ4v) is 4.21. The Kier molecular flexibility index (Phi) is 4.01. The number of carboxylic acids is 1. The molecule has 1 fully saturated rings. The number of benzene rings is 1. The van der Waals surface area contributed by atoms with E-state index in [-0.39, 0.29) is 41.0 Å². The number of carbonyl (C=O) groups is 1. The first kappa shape index (κ1) is 18.5. The molecule has 4 rings (SSSR count). The lowest BCUT2D eigenvalue weighted by atomic mass is 9.91. The molecular weight excluding hydrogens is 365 g/mol. The molecular formula is C20H22FN3O4. The Labute approximate surface area is 160 Å². The molecule has 0 spiro atoms. The van der Waals surface area contributed by atoms with E-state index in [9.17, 15) is 14.7 Å². The van der Waals surface area contributed by atoms with Gasteiger partial charge in [0.15, 0.2) is 11.6 Å². The highest BCUT2D eigenvalue weighted by Gasteiger charge is 2.41. The van der Waals surface area contributed by atoms with Gasteiger partial charge in [0, 0.05) is 30.7 Å². The summed E-state index contributed by atoms with van der Waals surface area (Å²) < 4.78 is 22.7. The molecule has 148 valence electrons. The van der Waals surface area contributed by atoms with E-state index < -0.39 is 22.8 Å². The van der Waals surface area contributed by atoms with Gasteiger partial charge in [0.1, 0.15) is 17.9 Å². The smallest absolute Gasteiger partial charge is 0.341 e. The fraction of sp³-hybridized carbons (Fsp3) is 0.400. The summed E-state index contributed by atoms with van der Waals surface area (Å²) in [4.78, 5) is 25.9. The number of nitrogens with zero attached hydrogens (tertiary/aromatic N) is 2. The zero-order chi connectivity index (χ0) is 20.4. The molecule has 1 aromatic carbocycles. The summed E-state index contributed by atoms with van der Waals surface area (Å²) in [6.45, 7) is 8.67. The highest BCUT2D eigenvalue weighted by molar-refractivity contribution is 5.97. The standard InChI is InChI=1S/C20H22FN3O4/c1-4-11-6-23(9-20(11,3)22)16-14(21)5-12-15-18(16)28-8-10(2)24(15)7-13(17(12)25)19(26)27/h4-5,7,10-11H,1,6,8-9,22H2,2-3H3,(H,26,27)/t10-,11?,20?/m0/s1. The molecule has 2 aromatic rings. The summed E-state index contributed by atoms with van der Waals surface area (Å²) in [7, 11) is 0. The molecule has 1 saturated heterocycles. The zero-order valence-electron chi connectivity index (χ0n) is 15.7. The third kappa shape index (κ3) is 2.51. The first-order valence-electron chi connectivity index (χ1n) is 9.09. The number of anilines is 1. The van der Waals surface area contributed by atoms with Crippen LogP contribution in [0.5, 0.6) is 5.75 Å². The van der Waals surface area contributed by atoms with Crippen LogP contribution in [0, 0.1) is 11.7 Å². The van der Waals surface area contributed by atoms with Gasteiger partial charge in [-0.1, -0.05) is 6.08 Å². The van der Waals surface area contributed by atoms with Gasteiger partial charge in [-0.3, -0.25) is 4.79 Å². The van der Waals surface area contributed by atoms with Crippen molar-refractivity contribution in [3.8, 4) is 5.75 Å². The van der Waals surface area contributed by atoms with Crippen molar-refractivity contribution in [2.75, 3.05) is 24.6 Å². The van der Waals surface area contributed by atoms with Crippen LogP contribution >= 0.6 is 0 Å². The van der Waals surface area contributed by atoms with Crippen LogP contribution in [-0.2, 0) is 0 Å². The molecule has 0 aliphatic carbocycles. The van der Waals surface area contributed by atoms with Crippen LogP contribution < -0.4 is 20.8 Å². The lowest BCUT2D eigenvalue weighted by Crippen LogP contribution is -2.43. The van der Waals surface area contributed by atoms with Crippen molar-refractivity contribution in [2.24, 2.45) is 11.7 Å². The van der Waals surface area contributed by atoms with Gasteiger partial charge < -0.3 is 25.0 Å². The number of halogens is 1. The van der Waals surface area contributed by atoms with Gasteiger partial charge in [0.25, 0.3) is 0 Å². The molecule has 0 bridgehead atoms. The maximum Gasteiger partial charge on any atom is 0.341 e. The van der Waals surface area contributed by atoms with E-state index in [0.29, 0.717) is 18.6 Å². The van der Waals surface area contributed by atoms with Crippen molar-refractivity contribution in [1.29, 1.82) is 0 Å². The van der Waals surface area contributed by atoms with Crippen LogP contribution in [0.25, 0.3) is 10.9 Å². The van der Waals surface area contributed by atoms with Crippen molar-refractivity contribution < 1.29 is 19.0 Å². The Morgan fingerprint density at radius 3 is 2.86 bits per heavy atom. The number of hydrogen-bond donors (Lipinski definition) is 2. The predicted octanol–water partition coefficient (Wildman–Crippen LogP) is 2.13. The second-order valence-electron chi connectivity index (χ2n) is 7.91. The van der Waals surface area contributed by atoms with Crippen LogP contribution in [-0.4, -0.2) is 40.9 Å². The monoisotopic (exact) mass is 387 g/mol. The van der Waals surface area contributed by atoms with E-state index in [2.05, 4.69) is 6.58 Å². The molecule has 0 radical (unpaired) electrons. The van der Waals surface area contributed by atoms with Crippen molar-refractivity contribution in [3.05, 3.63) is 46.5 Å². The number of hydrogen-bond acceptors (Lipinski definition) is 5. The lowest BCUT2D eigenvalue weighted by molar-refractivity contribution is 0.0694. The number of rotatable bonds is 3. The Balaban J connectivity index is 2.01. The van der Waals surface area contributed by atoms with Crippen molar-refractivity contribution in [2.45, 2.75) is 25.4 Å². The Bertz CT molecular complexity index is 1080. The largest absolute Gasteiger partial charge is 0.487 e. The number of pyridine rings is 1. The molecule has 1 aromatic heterocycles. The van der Waals surface area contributed by atoms with Crippen LogP contribution in [0.3, 0.4) is 0 Å². The second kappa shape index (κ2) is 6.07. The van der Waals surface area contributed by atoms with E-state index in [1.165, 1.54) is 6.20 Å². The number of ether oxygens (including phenoxy) is 1. The Morgan fingerprint density at radius 1 is 1.54 bits per heavy atom. The summed E-state index contributed by atoms with van der Waals surface area (Å²) in [5, 5.41) is 9.36. The average Bonchev–Trinajstić information content (AvgIpc) is 2.93. The summed E-state index contributed by atoms with van der Waals surface area (Å²) in [5.41, 5.74) is 5.33. The number of aromatic carboxylic acids is 1. The number of nitrogens with two attached hydrogens (primary N) is 1. The fourth-order valence-electron chi connectivity index (χ4n) is 4.21. The highest BCUT2D eigenvalue weighted by Crippen LogP contribution is 2.44. The quantitative estimate of drug-likeness (QED) is 0.783. The summed E-state index contributed by atoms with van der Waals surface area (Å²) in [5.74, 6) is -1.76.